The fourth-order valence-corrected chi connectivity index (χ4v) is 3.36. The Labute approximate surface area is 114 Å². The molecule has 0 spiro atoms. The van der Waals surface area contributed by atoms with Gasteiger partial charge in [-0.15, -0.1) is 0 Å². The summed E-state index contributed by atoms with van der Waals surface area (Å²) in [7, 11) is 1.90. The summed E-state index contributed by atoms with van der Waals surface area (Å²) in [6.07, 6.45) is 0. The molecule has 0 amide bonds. The third kappa shape index (κ3) is 2.75. The Hall–Kier alpha value is -0.870. The van der Waals surface area contributed by atoms with E-state index < -0.39 is 0 Å². The smallest absolute Gasteiger partial charge is 0.122 e. The molecule has 0 aromatic heterocycles. The molecule has 1 aromatic rings. The van der Waals surface area contributed by atoms with E-state index in [0.29, 0.717) is 11.8 Å². The fraction of sp³-hybridized carbons (Fsp3) is 0.571. The molecule has 1 fully saturated rings. The lowest BCUT2D eigenvalue weighted by atomic mass is 10.1. The van der Waals surface area contributed by atoms with Gasteiger partial charge >= 0.3 is 0 Å². The van der Waals surface area contributed by atoms with Crippen LogP contribution in [0.3, 0.4) is 0 Å². The molecular formula is C14H22N2OS. The molecule has 2 rings (SSSR count). The molecule has 1 aliphatic heterocycles. The van der Waals surface area contributed by atoms with Crippen molar-refractivity contribution in [1.82, 2.24) is 5.32 Å². The van der Waals surface area contributed by atoms with Crippen LogP contribution in [0, 0.1) is 0 Å². The van der Waals surface area contributed by atoms with Gasteiger partial charge in [-0.2, -0.15) is 11.8 Å². The van der Waals surface area contributed by atoms with Gasteiger partial charge in [0, 0.05) is 47.5 Å². The lowest BCUT2D eigenvalue weighted by Crippen LogP contribution is -2.40. The molecule has 1 saturated heterocycles. The SMILES string of the molecule is CNC(C)c1ccc(N2CCSCC2C)cc1O. The van der Waals surface area contributed by atoms with Gasteiger partial charge in [-0.05, 0) is 27.0 Å². The Bertz CT molecular complexity index is 411. The zero-order valence-corrected chi connectivity index (χ0v) is 12.1. The molecule has 4 heteroatoms. The normalized spacial score (nSPS) is 21.9. The highest BCUT2D eigenvalue weighted by molar-refractivity contribution is 7.99. The number of nitrogens with zero attached hydrogens (tertiary/aromatic N) is 1. The summed E-state index contributed by atoms with van der Waals surface area (Å²) < 4.78 is 0. The number of hydrogen-bond acceptors (Lipinski definition) is 4. The predicted octanol–water partition coefficient (Wildman–Crippen LogP) is 2.61. The molecule has 1 aliphatic rings. The van der Waals surface area contributed by atoms with Crippen molar-refractivity contribution in [3.05, 3.63) is 23.8 Å². The third-order valence-electron chi connectivity index (χ3n) is 3.61. The van der Waals surface area contributed by atoms with Crippen LogP contribution in [0.5, 0.6) is 5.75 Å². The summed E-state index contributed by atoms with van der Waals surface area (Å²) in [6, 6.07) is 6.76. The van der Waals surface area contributed by atoms with E-state index in [0.717, 1.165) is 23.5 Å². The third-order valence-corrected chi connectivity index (χ3v) is 4.80. The highest BCUT2D eigenvalue weighted by Crippen LogP contribution is 2.31. The van der Waals surface area contributed by atoms with Crippen LogP contribution in [-0.4, -0.2) is 36.2 Å². The van der Waals surface area contributed by atoms with E-state index >= 15 is 0 Å². The van der Waals surface area contributed by atoms with Gasteiger partial charge in [-0.25, -0.2) is 0 Å². The van der Waals surface area contributed by atoms with Gasteiger partial charge < -0.3 is 15.3 Å². The predicted molar refractivity (Wildman–Crippen MR) is 79.7 cm³/mol. The first-order chi connectivity index (χ1) is 8.63. The fourth-order valence-electron chi connectivity index (χ4n) is 2.34. The van der Waals surface area contributed by atoms with E-state index in [1.807, 2.05) is 30.9 Å². The van der Waals surface area contributed by atoms with Gasteiger partial charge in [0.2, 0.25) is 0 Å². The number of rotatable bonds is 3. The first-order valence-corrected chi connectivity index (χ1v) is 7.63. The van der Waals surface area contributed by atoms with Crippen molar-refractivity contribution in [3.63, 3.8) is 0 Å². The molecule has 0 aliphatic carbocycles. The second-order valence-corrected chi connectivity index (χ2v) is 6.02. The number of nitrogens with one attached hydrogen (secondary N) is 1. The highest BCUT2D eigenvalue weighted by atomic mass is 32.2. The molecule has 3 nitrogen and oxygen atoms in total. The van der Waals surface area contributed by atoms with Crippen molar-refractivity contribution in [2.45, 2.75) is 25.9 Å². The molecule has 1 heterocycles. The summed E-state index contributed by atoms with van der Waals surface area (Å²) in [6.45, 7) is 5.36. The van der Waals surface area contributed by atoms with Crippen LogP contribution >= 0.6 is 11.8 Å². The average molecular weight is 266 g/mol. The number of hydrogen-bond donors (Lipinski definition) is 2. The second kappa shape index (κ2) is 5.85. The van der Waals surface area contributed by atoms with E-state index in [-0.39, 0.29) is 6.04 Å². The van der Waals surface area contributed by atoms with E-state index in [1.165, 1.54) is 5.75 Å². The monoisotopic (exact) mass is 266 g/mol. The van der Waals surface area contributed by atoms with Crippen LogP contribution in [0.4, 0.5) is 5.69 Å². The Balaban J connectivity index is 2.22. The molecule has 18 heavy (non-hydrogen) atoms. The largest absolute Gasteiger partial charge is 0.508 e. The van der Waals surface area contributed by atoms with Gasteiger partial charge in [0.15, 0.2) is 0 Å². The lowest BCUT2D eigenvalue weighted by molar-refractivity contribution is 0.457. The van der Waals surface area contributed by atoms with E-state index in [2.05, 4.69) is 30.1 Å². The van der Waals surface area contributed by atoms with Gasteiger partial charge in [0.05, 0.1) is 0 Å². The van der Waals surface area contributed by atoms with Crippen LogP contribution < -0.4 is 10.2 Å². The zero-order chi connectivity index (χ0) is 13.1. The molecule has 2 atom stereocenters. The second-order valence-electron chi connectivity index (χ2n) is 4.87. The minimum Gasteiger partial charge on any atom is -0.508 e. The molecule has 100 valence electrons. The molecule has 0 bridgehead atoms. The molecular weight excluding hydrogens is 244 g/mol. The number of anilines is 1. The van der Waals surface area contributed by atoms with Crippen LogP contribution in [0.2, 0.25) is 0 Å². The summed E-state index contributed by atoms with van der Waals surface area (Å²) in [5.41, 5.74) is 2.09. The molecule has 2 N–H and O–H groups in total. The van der Waals surface area contributed by atoms with Gasteiger partial charge in [-0.3, -0.25) is 0 Å². The summed E-state index contributed by atoms with van der Waals surface area (Å²) in [5.74, 6) is 2.72. The van der Waals surface area contributed by atoms with Crippen molar-refractivity contribution in [1.29, 1.82) is 0 Å². The number of phenols is 1. The average Bonchev–Trinajstić information content (AvgIpc) is 2.38. The van der Waals surface area contributed by atoms with E-state index in [1.54, 1.807) is 0 Å². The summed E-state index contributed by atoms with van der Waals surface area (Å²) >= 11 is 2.00. The standard InChI is InChI=1S/C14H22N2OS/c1-10-9-18-7-6-16(10)12-4-5-13(11(2)15-3)14(17)8-12/h4-5,8,10-11,15,17H,6-7,9H2,1-3H3. The number of thioether (sulfide) groups is 1. The number of benzene rings is 1. The Kier molecular flexibility index (Phi) is 4.40. The summed E-state index contributed by atoms with van der Waals surface area (Å²) in [4.78, 5) is 2.38. The van der Waals surface area contributed by atoms with E-state index in [9.17, 15) is 5.11 Å². The minimum atomic E-state index is 0.174. The van der Waals surface area contributed by atoms with Crippen molar-refractivity contribution < 1.29 is 5.11 Å². The highest BCUT2D eigenvalue weighted by Gasteiger charge is 2.20. The number of phenolic OH excluding ortho intramolecular Hbond substituents is 1. The maximum absolute atomic E-state index is 10.1. The van der Waals surface area contributed by atoms with Crippen LogP contribution in [0.1, 0.15) is 25.5 Å². The van der Waals surface area contributed by atoms with Gasteiger partial charge in [-0.1, -0.05) is 6.07 Å². The van der Waals surface area contributed by atoms with Crippen LogP contribution in [0.15, 0.2) is 18.2 Å². The summed E-state index contributed by atoms with van der Waals surface area (Å²) in [5, 5.41) is 13.3. The zero-order valence-electron chi connectivity index (χ0n) is 11.3. The van der Waals surface area contributed by atoms with Crippen LogP contribution in [0.25, 0.3) is 0 Å². The van der Waals surface area contributed by atoms with Crippen molar-refractivity contribution >= 4 is 17.4 Å². The Morgan fingerprint density at radius 2 is 2.28 bits per heavy atom. The molecule has 0 saturated carbocycles. The topological polar surface area (TPSA) is 35.5 Å². The molecule has 1 aromatic carbocycles. The maximum atomic E-state index is 10.1. The molecule has 0 radical (unpaired) electrons. The Morgan fingerprint density at radius 1 is 1.50 bits per heavy atom. The van der Waals surface area contributed by atoms with Crippen molar-refractivity contribution in [2.75, 3.05) is 30.0 Å². The molecule has 2 unspecified atom stereocenters. The van der Waals surface area contributed by atoms with Crippen molar-refractivity contribution in [2.24, 2.45) is 0 Å². The van der Waals surface area contributed by atoms with Crippen molar-refractivity contribution in [3.8, 4) is 5.75 Å². The first kappa shape index (κ1) is 13.6. The quantitative estimate of drug-likeness (QED) is 0.881. The van der Waals surface area contributed by atoms with Gasteiger partial charge in [0.1, 0.15) is 5.75 Å². The first-order valence-electron chi connectivity index (χ1n) is 6.48. The van der Waals surface area contributed by atoms with Crippen LogP contribution in [-0.2, 0) is 0 Å². The Morgan fingerprint density at radius 3 is 2.89 bits per heavy atom. The lowest BCUT2D eigenvalue weighted by Gasteiger charge is -2.35. The van der Waals surface area contributed by atoms with E-state index in [4.69, 9.17) is 0 Å². The maximum Gasteiger partial charge on any atom is 0.122 e. The van der Waals surface area contributed by atoms with Gasteiger partial charge in [0.25, 0.3) is 0 Å². The minimum absolute atomic E-state index is 0.174. The number of aromatic hydroxyl groups is 1.